The second kappa shape index (κ2) is 5.58. The fraction of sp³-hybridized carbons (Fsp3) is 0.286. The molecule has 138 valence electrons. The first kappa shape index (κ1) is 15.7. The van der Waals surface area contributed by atoms with Crippen LogP contribution in [0.2, 0.25) is 0 Å². The zero-order valence-electron chi connectivity index (χ0n) is 15.5. The van der Waals surface area contributed by atoms with E-state index in [9.17, 15) is 0 Å². The van der Waals surface area contributed by atoms with E-state index in [1.807, 2.05) is 19.3 Å². The smallest absolute Gasteiger partial charge is 0.237 e. The van der Waals surface area contributed by atoms with Crippen LogP contribution in [0.1, 0.15) is 41.5 Å². The molecule has 1 aromatic carbocycles. The molecule has 0 radical (unpaired) electrons. The van der Waals surface area contributed by atoms with Crippen molar-refractivity contribution < 1.29 is 4.52 Å². The largest absolute Gasteiger partial charge is 0.338 e. The first-order chi connectivity index (χ1) is 13.7. The second-order valence-electron chi connectivity index (χ2n) is 7.65. The molecule has 7 heteroatoms. The molecule has 3 aromatic heterocycles. The van der Waals surface area contributed by atoms with E-state index in [2.05, 4.69) is 54.2 Å². The van der Waals surface area contributed by atoms with Gasteiger partial charge in [0, 0.05) is 24.4 Å². The summed E-state index contributed by atoms with van der Waals surface area (Å²) in [6.45, 7) is 1.85. The zero-order chi connectivity index (χ0) is 18.7. The van der Waals surface area contributed by atoms with Gasteiger partial charge >= 0.3 is 0 Å². The first-order valence-electron chi connectivity index (χ1n) is 9.52. The Morgan fingerprint density at radius 2 is 2.00 bits per heavy atom. The van der Waals surface area contributed by atoms with Crippen molar-refractivity contribution >= 4 is 0 Å². The Morgan fingerprint density at radius 3 is 2.82 bits per heavy atom. The Morgan fingerprint density at radius 1 is 1.07 bits per heavy atom. The average Bonchev–Trinajstić information content (AvgIpc) is 3.18. The van der Waals surface area contributed by atoms with E-state index in [1.165, 1.54) is 16.8 Å². The summed E-state index contributed by atoms with van der Waals surface area (Å²) >= 11 is 0. The van der Waals surface area contributed by atoms with Crippen molar-refractivity contribution in [3.63, 3.8) is 0 Å². The van der Waals surface area contributed by atoms with Crippen molar-refractivity contribution in [1.29, 1.82) is 0 Å². The predicted molar refractivity (Wildman–Crippen MR) is 101 cm³/mol. The highest BCUT2D eigenvalue weighted by molar-refractivity contribution is 5.67. The molecule has 0 saturated heterocycles. The molecule has 0 spiro atoms. The van der Waals surface area contributed by atoms with E-state index in [4.69, 9.17) is 4.52 Å². The van der Waals surface area contributed by atoms with Crippen molar-refractivity contribution in [2.45, 2.75) is 38.0 Å². The van der Waals surface area contributed by atoms with E-state index in [0.717, 1.165) is 42.6 Å². The monoisotopic (exact) mass is 370 g/mol. The van der Waals surface area contributed by atoms with Gasteiger partial charge in [-0.2, -0.15) is 4.98 Å². The summed E-state index contributed by atoms with van der Waals surface area (Å²) in [6, 6.07) is 8.77. The zero-order valence-corrected chi connectivity index (χ0v) is 15.5. The molecule has 4 heterocycles. The molecule has 4 aromatic rings. The molecule has 0 atom stereocenters. The van der Waals surface area contributed by atoms with Gasteiger partial charge in [0.2, 0.25) is 5.89 Å². The molecule has 1 saturated carbocycles. The Kier molecular flexibility index (Phi) is 3.12. The number of pyridine rings is 1. The lowest BCUT2D eigenvalue weighted by molar-refractivity contribution is 0.356. The maximum Gasteiger partial charge on any atom is 0.237 e. The highest BCUT2D eigenvalue weighted by Gasteiger charge is 2.51. The Labute approximate surface area is 161 Å². The number of hydrogen-bond donors (Lipinski definition) is 0. The third-order valence-corrected chi connectivity index (χ3v) is 5.89. The van der Waals surface area contributed by atoms with E-state index < -0.39 is 0 Å². The Balaban J connectivity index is 1.40. The maximum atomic E-state index is 5.49. The number of aromatic nitrogens is 6. The lowest BCUT2D eigenvalue weighted by Crippen LogP contribution is -2.12. The molecule has 28 heavy (non-hydrogen) atoms. The lowest BCUT2D eigenvalue weighted by atomic mass is 9.93. The molecule has 0 amide bonds. The number of hydrogen-bond acceptors (Lipinski definition) is 6. The van der Waals surface area contributed by atoms with Gasteiger partial charge in [0.05, 0.1) is 11.1 Å². The minimum atomic E-state index is -0.171. The van der Waals surface area contributed by atoms with Gasteiger partial charge in [0.1, 0.15) is 12.2 Å². The van der Waals surface area contributed by atoms with Crippen molar-refractivity contribution in [3.05, 3.63) is 71.7 Å². The summed E-state index contributed by atoms with van der Waals surface area (Å²) in [7, 11) is 0. The second-order valence-corrected chi connectivity index (χ2v) is 7.65. The van der Waals surface area contributed by atoms with Crippen molar-refractivity contribution in [1.82, 2.24) is 29.9 Å². The highest BCUT2D eigenvalue weighted by atomic mass is 16.5. The molecule has 0 N–H and O–H groups in total. The van der Waals surface area contributed by atoms with Crippen LogP contribution in [0.3, 0.4) is 0 Å². The number of benzene rings is 1. The van der Waals surface area contributed by atoms with Crippen LogP contribution in [-0.2, 0) is 18.3 Å². The fourth-order valence-corrected chi connectivity index (χ4v) is 4.18. The van der Waals surface area contributed by atoms with Gasteiger partial charge in [0.25, 0.3) is 0 Å². The van der Waals surface area contributed by atoms with Gasteiger partial charge in [-0.3, -0.25) is 9.55 Å². The summed E-state index contributed by atoms with van der Waals surface area (Å²) in [5.74, 6) is 2.40. The molecular weight excluding hydrogens is 352 g/mol. The lowest BCUT2D eigenvalue weighted by Gasteiger charge is -2.19. The van der Waals surface area contributed by atoms with Gasteiger partial charge < -0.3 is 4.52 Å². The van der Waals surface area contributed by atoms with Crippen LogP contribution in [-0.4, -0.2) is 29.9 Å². The van der Waals surface area contributed by atoms with E-state index in [1.54, 1.807) is 6.33 Å². The van der Waals surface area contributed by atoms with Crippen molar-refractivity contribution in [2.75, 3.05) is 0 Å². The molecule has 0 bridgehead atoms. The first-order valence-corrected chi connectivity index (χ1v) is 9.52. The third kappa shape index (κ3) is 2.25. The summed E-state index contributed by atoms with van der Waals surface area (Å²) < 4.78 is 7.57. The van der Waals surface area contributed by atoms with E-state index in [-0.39, 0.29) is 5.41 Å². The van der Waals surface area contributed by atoms with Crippen molar-refractivity contribution in [3.8, 4) is 16.8 Å². The summed E-state index contributed by atoms with van der Waals surface area (Å²) in [5.41, 5.74) is 5.73. The van der Waals surface area contributed by atoms with E-state index >= 15 is 0 Å². The van der Waals surface area contributed by atoms with Gasteiger partial charge in [-0.1, -0.05) is 11.2 Å². The minimum absolute atomic E-state index is 0.171. The van der Waals surface area contributed by atoms with Gasteiger partial charge in [-0.15, -0.1) is 10.2 Å². The standard InChI is InChI=1S/C21H18N6O/c1-13-24-20(28-26-13)21(6-7-21)17-9-16(10-22-11-17)14-2-4-18-15(8-14)3-5-19-25-23-12-27(18)19/h2,4,8-12H,3,5-7H2,1H3. The van der Waals surface area contributed by atoms with Crippen LogP contribution >= 0.6 is 0 Å². The van der Waals surface area contributed by atoms with Crippen LogP contribution in [0.4, 0.5) is 0 Å². The quantitative estimate of drug-likeness (QED) is 0.551. The minimum Gasteiger partial charge on any atom is -0.338 e. The SMILES string of the molecule is Cc1noc(C2(c3cncc(-c4ccc5c(c4)CCc4nncn4-5)c3)CC2)n1. The van der Waals surface area contributed by atoms with Crippen LogP contribution < -0.4 is 0 Å². The van der Waals surface area contributed by atoms with Crippen LogP contribution in [0, 0.1) is 6.92 Å². The number of fused-ring (bicyclic) bond motifs is 3. The highest BCUT2D eigenvalue weighted by Crippen LogP contribution is 2.53. The third-order valence-electron chi connectivity index (χ3n) is 5.89. The van der Waals surface area contributed by atoms with Gasteiger partial charge in [0.15, 0.2) is 5.82 Å². The number of nitrogens with zero attached hydrogens (tertiary/aromatic N) is 6. The van der Waals surface area contributed by atoms with Gasteiger partial charge in [-0.25, -0.2) is 0 Å². The molecule has 1 fully saturated rings. The Hall–Kier alpha value is -3.35. The molecule has 0 unspecified atom stereocenters. The summed E-state index contributed by atoms with van der Waals surface area (Å²) in [4.78, 5) is 9.00. The average molecular weight is 370 g/mol. The topological polar surface area (TPSA) is 82.5 Å². The van der Waals surface area contributed by atoms with Crippen LogP contribution in [0.5, 0.6) is 0 Å². The Bertz CT molecular complexity index is 1200. The summed E-state index contributed by atoms with van der Waals surface area (Å²) in [5, 5.41) is 12.2. The van der Waals surface area contributed by atoms with Crippen LogP contribution in [0.15, 0.2) is 47.5 Å². The van der Waals surface area contributed by atoms with Gasteiger partial charge in [-0.05, 0) is 61.1 Å². The van der Waals surface area contributed by atoms with E-state index in [0.29, 0.717) is 11.7 Å². The molecule has 7 nitrogen and oxygen atoms in total. The normalized spacial score (nSPS) is 16.5. The van der Waals surface area contributed by atoms with Crippen molar-refractivity contribution in [2.24, 2.45) is 0 Å². The molecular formula is C21H18N6O. The molecule has 1 aliphatic heterocycles. The fourth-order valence-electron chi connectivity index (χ4n) is 4.18. The maximum absolute atomic E-state index is 5.49. The molecule has 2 aliphatic rings. The number of rotatable bonds is 3. The van der Waals surface area contributed by atoms with Crippen LogP contribution in [0.25, 0.3) is 16.8 Å². The summed E-state index contributed by atoms with van der Waals surface area (Å²) in [6.07, 6.45) is 9.55. The molecule has 1 aliphatic carbocycles. The number of aryl methyl sites for hydroxylation is 3. The predicted octanol–water partition coefficient (Wildman–Crippen LogP) is 3.20. The molecule has 6 rings (SSSR count).